The molecule has 1 rings (SSSR count). The van der Waals surface area contributed by atoms with Crippen molar-refractivity contribution in [3.05, 3.63) is 35.1 Å². The Morgan fingerprint density at radius 2 is 2.06 bits per heavy atom. The molecule has 3 nitrogen and oxygen atoms in total. The zero-order valence-electron chi connectivity index (χ0n) is 10.5. The van der Waals surface area contributed by atoms with E-state index in [1.165, 1.54) is 12.1 Å². The van der Waals surface area contributed by atoms with E-state index in [1.54, 1.807) is 33.8 Å². The van der Waals surface area contributed by atoms with E-state index in [1.807, 2.05) is 0 Å². The van der Waals surface area contributed by atoms with Gasteiger partial charge in [-0.15, -0.1) is 0 Å². The largest absolute Gasteiger partial charge is 0.391 e. The number of nitrogens with one attached hydrogen (secondary N) is 1. The zero-order chi connectivity index (χ0) is 13.2. The zero-order valence-corrected chi connectivity index (χ0v) is 10.5. The van der Waals surface area contributed by atoms with Crippen LogP contribution in [-0.4, -0.2) is 22.7 Å². The van der Waals surface area contributed by atoms with Crippen LogP contribution in [0.15, 0.2) is 18.2 Å². The first kappa shape index (κ1) is 13.6. The molecule has 0 heterocycles. The van der Waals surface area contributed by atoms with E-state index >= 15 is 0 Å². The Balaban J connectivity index is 2.94. The maximum atomic E-state index is 13.1. The molecule has 0 aliphatic heterocycles. The minimum absolute atomic E-state index is 0.290. The number of carbonyl (C=O) groups is 1. The van der Waals surface area contributed by atoms with Gasteiger partial charge in [0.1, 0.15) is 5.82 Å². The highest BCUT2D eigenvalue weighted by atomic mass is 19.1. The summed E-state index contributed by atoms with van der Waals surface area (Å²) >= 11 is 0. The third kappa shape index (κ3) is 3.27. The predicted octanol–water partition coefficient (Wildman–Crippen LogP) is 2.02. The average molecular weight is 239 g/mol. The van der Waals surface area contributed by atoms with Crippen molar-refractivity contribution >= 4 is 5.91 Å². The molecule has 4 heteroatoms. The maximum Gasteiger partial charge on any atom is 0.252 e. The highest BCUT2D eigenvalue weighted by Gasteiger charge is 2.27. The number of aliphatic hydroxyl groups excluding tert-OH is 1. The summed E-state index contributed by atoms with van der Waals surface area (Å²) < 4.78 is 13.1. The van der Waals surface area contributed by atoms with E-state index in [9.17, 15) is 14.3 Å². The third-order valence-corrected chi connectivity index (χ3v) is 2.92. The maximum absolute atomic E-state index is 13.1. The molecule has 0 aliphatic carbocycles. The number of benzene rings is 1. The molecule has 1 atom stereocenters. The predicted molar refractivity (Wildman–Crippen MR) is 64.4 cm³/mol. The van der Waals surface area contributed by atoms with Gasteiger partial charge in [0.25, 0.3) is 5.91 Å². The van der Waals surface area contributed by atoms with Crippen LogP contribution in [-0.2, 0) is 0 Å². The Kier molecular flexibility index (Phi) is 3.88. The molecule has 0 saturated heterocycles. The molecule has 1 unspecified atom stereocenters. The third-order valence-electron chi connectivity index (χ3n) is 2.92. The summed E-state index contributed by atoms with van der Waals surface area (Å²) in [5, 5.41) is 12.2. The van der Waals surface area contributed by atoms with Gasteiger partial charge < -0.3 is 10.4 Å². The fourth-order valence-electron chi connectivity index (χ4n) is 1.30. The fourth-order valence-corrected chi connectivity index (χ4v) is 1.30. The Labute approximate surface area is 101 Å². The van der Waals surface area contributed by atoms with Crippen molar-refractivity contribution in [3.63, 3.8) is 0 Å². The highest BCUT2D eigenvalue weighted by Crippen LogP contribution is 2.14. The average Bonchev–Trinajstić information content (AvgIpc) is 2.20. The van der Waals surface area contributed by atoms with Gasteiger partial charge in [-0.2, -0.15) is 0 Å². The van der Waals surface area contributed by atoms with Crippen LogP contribution in [0.1, 0.15) is 36.7 Å². The van der Waals surface area contributed by atoms with Gasteiger partial charge in [-0.3, -0.25) is 4.79 Å². The van der Waals surface area contributed by atoms with E-state index < -0.39 is 17.5 Å². The molecule has 0 saturated carbocycles. The lowest BCUT2D eigenvalue weighted by molar-refractivity contribution is 0.0708. The second-order valence-electron chi connectivity index (χ2n) is 4.81. The quantitative estimate of drug-likeness (QED) is 0.847. The molecule has 0 bridgehead atoms. The Morgan fingerprint density at radius 3 is 2.59 bits per heavy atom. The second kappa shape index (κ2) is 4.84. The van der Waals surface area contributed by atoms with Crippen molar-refractivity contribution in [3.8, 4) is 0 Å². The van der Waals surface area contributed by atoms with Gasteiger partial charge in [0.2, 0.25) is 0 Å². The van der Waals surface area contributed by atoms with Gasteiger partial charge in [-0.1, -0.05) is 6.07 Å². The van der Waals surface area contributed by atoms with E-state index in [0.29, 0.717) is 11.1 Å². The van der Waals surface area contributed by atoms with Crippen molar-refractivity contribution < 1.29 is 14.3 Å². The summed E-state index contributed by atoms with van der Waals surface area (Å²) in [7, 11) is 0. The van der Waals surface area contributed by atoms with E-state index in [0.717, 1.165) is 0 Å². The Bertz CT molecular complexity index is 427. The van der Waals surface area contributed by atoms with Crippen LogP contribution in [0.5, 0.6) is 0 Å². The fraction of sp³-hybridized carbons (Fsp3) is 0.462. The molecule has 1 aromatic carbocycles. The minimum Gasteiger partial charge on any atom is -0.391 e. The molecular weight excluding hydrogens is 221 g/mol. The number of aryl methyl sites for hydroxylation is 1. The lowest BCUT2D eigenvalue weighted by Gasteiger charge is -2.29. The first-order valence-corrected chi connectivity index (χ1v) is 5.51. The summed E-state index contributed by atoms with van der Waals surface area (Å²) in [5.41, 5.74) is 0.236. The van der Waals surface area contributed by atoms with Crippen LogP contribution >= 0.6 is 0 Å². The molecule has 94 valence electrons. The van der Waals surface area contributed by atoms with Crippen molar-refractivity contribution in [2.24, 2.45) is 0 Å². The van der Waals surface area contributed by atoms with Crippen LogP contribution in [0.3, 0.4) is 0 Å². The number of hydrogen-bond acceptors (Lipinski definition) is 2. The van der Waals surface area contributed by atoms with Crippen LogP contribution < -0.4 is 5.32 Å². The SMILES string of the molecule is Cc1ccc(F)cc1C(=O)NC(C)(C)C(C)O. The molecule has 17 heavy (non-hydrogen) atoms. The highest BCUT2D eigenvalue weighted by molar-refractivity contribution is 5.96. The van der Waals surface area contributed by atoms with Crippen molar-refractivity contribution in [2.45, 2.75) is 39.3 Å². The Hall–Kier alpha value is -1.42. The van der Waals surface area contributed by atoms with E-state index in [4.69, 9.17) is 0 Å². The van der Waals surface area contributed by atoms with Crippen LogP contribution in [0.2, 0.25) is 0 Å². The molecule has 2 N–H and O–H groups in total. The van der Waals surface area contributed by atoms with Gasteiger partial charge in [-0.05, 0) is 45.4 Å². The monoisotopic (exact) mass is 239 g/mol. The number of carbonyl (C=O) groups excluding carboxylic acids is 1. The standard InChI is InChI=1S/C13H18FNO2/c1-8-5-6-10(14)7-11(8)12(17)15-13(3,4)9(2)16/h5-7,9,16H,1-4H3,(H,15,17). The number of aliphatic hydroxyl groups is 1. The molecule has 0 aliphatic rings. The number of hydrogen-bond donors (Lipinski definition) is 2. The molecule has 1 aromatic rings. The van der Waals surface area contributed by atoms with Crippen LogP contribution in [0.4, 0.5) is 4.39 Å². The van der Waals surface area contributed by atoms with Crippen molar-refractivity contribution in [1.82, 2.24) is 5.32 Å². The molecule has 0 radical (unpaired) electrons. The van der Waals surface area contributed by atoms with E-state index in [-0.39, 0.29) is 5.91 Å². The lowest BCUT2D eigenvalue weighted by atomic mass is 9.97. The lowest BCUT2D eigenvalue weighted by Crippen LogP contribution is -2.51. The summed E-state index contributed by atoms with van der Waals surface area (Å²) in [6.07, 6.45) is -0.694. The summed E-state index contributed by atoms with van der Waals surface area (Å²) in [6.45, 7) is 6.76. The first-order chi connectivity index (χ1) is 7.74. The summed E-state index contributed by atoms with van der Waals surface area (Å²) in [6, 6.07) is 4.06. The van der Waals surface area contributed by atoms with E-state index in [2.05, 4.69) is 5.32 Å². The van der Waals surface area contributed by atoms with Gasteiger partial charge in [0.05, 0.1) is 11.6 Å². The number of halogens is 1. The van der Waals surface area contributed by atoms with Crippen molar-refractivity contribution in [1.29, 1.82) is 0 Å². The van der Waals surface area contributed by atoms with Gasteiger partial charge in [-0.25, -0.2) is 4.39 Å². The molecule has 0 aromatic heterocycles. The Morgan fingerprint density at radius 1 is 1.47 bits per heavy atom. The minimum atomic E-state index is -0.754. The number of amides is 1. The molecule has 1 amide bonds. The van der Waals surface area contributed by atoms with Gasteiger partial charge in [0, 0.05) is 5.56 Å². The summed E-state index contributed by atoms with van der Waals surface area (Å²) in [4.78, 5) is 11.9. The molecule has 0 spiro atoms. The first-order valence-electron chi connectivity index (χ1n) is 5.51. The molecule has 0 fully saturated rings. The van der Waals surface area contributed by atoms with Gasteiger partial charge >= 0.3 is 0 Å². The van der Waals surface area contributed by atoms with Crippen LogP contribution in [0, 0.1) is 12.7 Å². The smallest absolute Gasteiger partial charge is 0.252 e. The summed E-state index contributed by atoms with van der Waals surface area (Å²) in [5.74, 6) is -0.830. The molecular formula is C13H18FNO2. The van der Waals surface area contributed by atoms with Gasteiger partial charge in [0.15, 0.2) is 0 Å². The second-order valence-corrected chi connectivity index (χ2v) is 4.81. The van der Waals surface area contributed by atoms with Crippen molar-refractivity contribution in [2.75, 3.05) is 0 Å². The number of rotatable bonds is 3. The normalized spacial score (nSPS) is 13.3. The topological polar surface area (TPSA) is 49.3 Å². The van der Waals surface area contributed by atoms with Crippen LogP contribution in [0.25, 0.3) is 0 Å².